The van der Waals surface area contributed by atoms with Crippen LogP contribution in [0.2, 0.25) is 0 Å². The number of rotatable bonds is 3. The van der Waals surface area contributed by atoms with Crippen molar-refractivity contribution >= 4 is 22.0 Å². The minimum atomic E-state index is -0.655. The molecule has 21 heavy (non-hydrogen) atoms. The summed E-state index contributed by atoms with van der Waals surface area (Å²) in [5.41, 5.74) is 0.141. The molecule has 2 atom stereocenters. The molecule has 2 fully saturated rings. The van der Waals surface area contributed by atoms with Gasteiger partial charge in [0.05, 0.1) is 11.0 Å². The van der Waals surface area contributed by atoms with Crippen LogP contribution in [0.3, 0.4) is 0 Å². The van der Waals surface area contributed by atoms with Gasteiger partial charge in [0.15, 0.2) is 5.00 Å². The molecular formula is C14H21N3O3S. The third-order valence-electron chi connectivity index (χ3n) is 4.41. The molecule has 6 nitrogen and oxygen atoms in total. The van der Waals surface area contributed by atoms with Crippen molar-refractivity contribution in [1.29, 1.82) is 0 Å². The molecule has 0 radical (unpaired) electrons. The van der Waals surface area contributed by atoms with Gasteiger partial charge in [-0.2, -0.15) is 0 Å². The first-order valence-corrected chi connectivity index (χ1v) is 8.33. The van der Waals surface area contributed by atoms with E-state index in [9.17, 15) is 15.2 Å². The van der Waals surface area contributed by atoms with Crippen molar-refractivity contribution in [3.05, 3.63) is 21.1 Å². The van der Waals surface area contributed by atoms with Crippen LogP contribution >= 0.6 is 11.3 Å². The van der Waals surface area contributed by atoms with Gasteiger partial charge in [0, 0.05) is 36.6 Å². The number of aliphatic hydroxyl groups excluding tert-OH is 1. The minimum absolute atomic E-state index is 0.141. The maximum atomic E-state index is 11.3. The molecule has 1 unspecified atom stereocenters. The Morgan fingerprint density at radius 3 is 2.90 bits per heavy atom. The number of anilines is 1. The van der Waals surface area contributed by atoms with E-state index in [1.54, 1.807) is 6.92 Å². The summed E-state index contributed by atoms with van der Waals surface area (Å²) in [6.45, 7) is 5.61. The summed E-state index contributed by atoms with van der Waals surface area (Å²) in [5.74, 6) is 0. The fourth-order valence-electron chi connectivity index (χ4n) is 3.34. The van der Waals surface area contributed by atoms with Gasteiger partial charge in [0.1, 0.15) is 0 Å². The third kappa shape index (κ3) is 2.90. The van der Waals surface area contributed by atoms with Crippen molar-refractivity contribution in [2.45, 2.75) is 38.3 Å². The Balaban J connectivity index is 1.89. The normalized spacial score (nSPS) is 24.7. The number of fused-ring (bicyclic) bond motifs is 1. The first-order chi connectivity index (χ1) is 10.1. The predicted molar refractivity (Wildman–Crippen MR) is 83.0 cm³/mol. The van der Waals surface area contributed by atoms with Crippen molar-refractivity contribution in [3.63, 3.8) is 0 Å². The Morgan fingerprint density at radius 2 is 2.19 bits per heavy atom. The second-order valence-corrected chi connectivity index (χ2v) is 6.97. The smallest absolute Gasteiger partial charge is 0.304 e. The lowest BCUT2D eigenvalue weighted by Gasteiger charge is -2.25. The summed E-state index contributed by atoms with van der Waals surface area (Å²) in [7, 11) is 0. The van der Waals surface area contributed by atoms with Gasteiger partial charge in [-0.25, -0.2) is 0 Å². The molecule has 1 aromatic rings. The SMILES string of the molecule is C[C@@H](O)c1cc([N+](=O)[O-])c(N2CCCN3CCCC3C2)s1. The molecule has 3 rings (SSSR count). The Morgan fingerprint density at radius 1 is 1.43 bits per heavy atom. The van der Waals surface area contributed by atoms with E-state index < -0.39 is 6.10 Å². The lowest BCUT2D eigenvalue weighted by molar-refractivity contribution is -0.383. The molecule has 0 bridgehead atoms. The van der Waals surface area contributed by atoms with E-state index in [1.807, 2.05) is 0 Å². The molecule has 0 amide bonds. The second-order valence-electron chi connectivity index (χ2n) is 5.90. The molecule has 2 aliphatic heterocycles. The van der Waals surface area contributed by atoms with Gasteiger partial charge in [-0.3, -0.25) is 15.0 Å². The highest BCUT2D eigenvalue weighted by Crippen LogP contribution is 2.41. The van der Waals surface area contributed by atoms with E-state index >= 15 is 0 Å². The zero-order valence-electron chi connectivity index (χ0n) is 12.2. The topological polar surface area (TPSA) is 69.8 Å². The second kappa shape index (κ2) is 5.90. The highest BCUT2D eigenvalue weighted by Gasteiger charge is 2.32. The summed E-state index contributed by atoms with van der Waals surface area (Å²) in [6, 6.07) is 2.05. The molecule has 3 heterocycles. The number of nitro groups is 1. The first kappa shape index (κ1) is 14.7. The Bertz CT molecular complexity index is 532. The van der Waals surface area contributed by atoms with Crippen LogP contribution in [-0.2, 0) is 0 Å². The van der Waals surface area contributed by atoms with Crippen LogP contribution in [0.15, 0.2) is 6.07 Å². The number of hydrogen-bond donors (Lipinski definition) is 1. The van der Waals surface area contributed by atoms with Gasteiger partial charge >= 0.3 is 5.69 Å². The summed E-state index contributed by atoms with van der Waals surface area (Å²) >= 11 is 1.36. The van der Waals surface area contributed by atoms with Crippen LogP contribution in [0, 0.1) is 10.1 Å². The van der Waals surface area contributed by atoms with Crippen LogP contribution in [0.5, 0.6) is 0 Å². The lowest BCUT2D eigenvalue weighted by atomic mass is 10.2. The maximum absolute atomic E-state index is 11.3. The molecule has 2 saturated heterocycles. The van der Waals surface area contributed by atoms with Gasteiger partial charge in [0.25, 0.3) is 0 Å². The molecule has 1 aromatic heterocycles. The van der Waals surface area contributed by atoms with Gasteiger partial charge in [-0.15, -0.1) is 11.3 Å². The van der Waals surface area contributed by atoms with Crippen molar-refractivity contribution in [1.82, 2.24) is 4.90 Å². The fraction of sp³-hybridized carbons (Fsp3) is 0.714. The summed E-state index contributed by atoms with van der Waals surface area (Å²) < 4.78 is 0. The molecule has 0 aliphatic carbocycles. The number of hydrogen-bond acceptors (Lipinski definition) is 6. The molecule has 116 valence electrons. The van der Waals surface area contributed by atoms with Crippen molar-refractivity contribution in [3.8, 4) is 0 Å². The quantitative estimate of drug-likeness (QED) is 0.685. The average Bonchev–Trinajstić information content (AvgIpc) is 3.01. The van der Waals surface area contributed by atoms with E-state index in [1.165, 1.54) is 30.2 Å². The van der Waals surface area contributed by atoms with Crippen LogP contribution in [0.1, 0.15) is 37.2 Å². The Kier molecular flexibility index (Phi) is 4.14. The van der Waals surface area contributed by atoms with Crippen molar-refractivity contribution < 1.29 is 10.0 Å². The van der Waals surface area contributed by atoms with E-state index in [2.05, 4.69) is 9.80 Å². The molecule has 0 saturated carbocycles. The zero-order valence-corrected chi connectivity index (χ0v) is 13.0. The fourth-order valence-corrected chi connectivity index (χ4v) is 4.44. The highest BCUT2D eigenvalue weighted by atomic mass is 32.1. The number of aliphatic hydroxyl groups is 1. The van der Waals surface area contributed by atoms with E-state index in [4.69, 9.17) is 0 Å². The summed E-state index contributed by atoms with van der Waals surface area (Å²) in [6.07, 6.45) is 2.79. The molecular weight excluding hydrogens is 290 g/mol. The van der Waals surface area contributed by atoms with Crippen molar-refractivity contribution in [2.75, 3.05) is 31.1 Å². The van der Waals surface area contributed by atoms with Gasteiger partial charge in [-0.05, 0) is 32.7 Å². The van der Waals surface area contributed by atoms with Crippen LogP contribution in [-0.4, -0.2) is 47.2 Å². The molecule has 2 aliphatic rings. The lowest BCUT2D eigenvalue weighted by Crippen LogP contribution is -2.36. The molecule has 0 spiro atoms. The third-order valence-corrected chi connectivity index (χ3v) is 5.77. The van der Waals surface area contributed by atoms with E-state index in [-0.39, 0.29) is 10.6 Å². The van der Waals surface area contributed by atoms with Crippen molar-refractivity contribution in [2.24, 2.45) is 0 Å². The molecule has 1 N–H and O–H groups in total. The van der Waals surface area contributed by atoms with Crippen LogP contribution in [0.4, 0.5) is 10.7 Å². The average molecular weight is 311 g/mol. The highest BCUT2D eigenvalue weighted by molar-refractivity contribution is 7.16. The monoisotopic (exact) mass is 311 g/mol. The summed E-state index contributed by atoms with van der Waals surface area (Å²) in [4.78, 5) is 16.3. The zero-order chi connectivity index (χ0) is 15.0. The largest absolute Gasteiger partial charge is 0.388 e. The van der Waals surface area contributed by atoms with Gasteiger partial charge in [-0.1, -0.05) is 0 Å². The first-order valence-electron chi connectivity index (χ1n) is 7.51. The van der Waals surface area contributed by atoms with E-state index in [0.29, 0.717) is 15.9 Å². The van der Waals surface area contributed by atoms with Crippen LogP contribution in [0.25, 0.3) is 0 Å². The summed E-state index contributed by atoms with van der Waals surface area (Å²) in [5, 5.41) is 21.7. The standard InChI is InChI=1S/C14H21N3O3S/c1-10(18)13-8-12(17(19)20)14(21-13)16-7-3-6-15-5-2-4-11(15)9-16/h8,10-11,18H,2-7,9H2,1H3/t10-,11?/m1/s1. The molecule has 7 heteroatoms. The number of thiophene rings is 1. The van der Waals surface area contributed by atoms with E-state index in [0.717, 1.165) is 32.6 Å². The number of nitrogens with zero attached hydrogens (tertiary/aromatic N) is 3. The Hall–Kier alpha value is -1.18. The minimum Gasteiger partial charge on any atom is -0.388 e. The van der Waals surface area contributed by atoms with Gasteiger partial charge in [0.2, 0.25) is 0 Å². The maximum Gasteiger partial charge on any atom is 0.304 e. The van der Waals surface area contributed by atoms with Gasteiger partial charge < -0.3 is 10.0 Å². The van der Waals surface area contributed by atoms with Crippen LogP contribution < -0.4 is 4.90 Å². The predicted octanol–water partition coefficient (Wildman–Crippen LogP) is 2.38. The molecule has 0 aromatic carbocycles. The Labute approximate surface area is 128 Å².